The van der Waals surface area contributed by atoms with Crippen molar-refractivity contribution in [1.29, 1.82) is 0 Å². The van der Waals surface area contributed by atoms with Crippen molar-refractivity contribution in [2.24, 2.45) is 5.92 Å². The van der Waals surface area contributed by atoms with Crippen LogP contribution in [0.25, 0.3) is 5.82 Å². The lowest BCUT2D eigenvalue weighted by Crippen LogP contribution is -2.61. The minimum absolute atomic E-state index is 0.0867. The van der Waals surface area contributed by atoms with Gasteiger partial charge < -0.3 is 9.64 Å². The monoisotopic (exact) mass is 368 g/mol. The van der Waals surface area contributed by atoms with Crippen LogP contribution in [0.1, 0.15) is 19.8 Å². The lowest BCUT2D eigenvalue weighted by Gasteiger charge is -2.48. The summed E-state index contributed by atoms with van der Waals surface area (Å²) in [5, 5.41) is 4.13. The number of pyridine rings is 1. The van der Waals surface area contributed by atoms with Gasteiger partial charge in [-0.1, -0.05) is 6.07 Å². The summed E-state index contributed by atoms with van der Waals surface area (Å²) in [6.45, 7) is 1.06. The van der Waals surface area contributed by atoms with E-state index in [0.717, 1.165) is 6.92 Å². The molecule has 1 saturated heterocycles. The molecule has 2 atom stereocenters. The fourth-order valence-electron chi connectivity index (χ4n) is 3.21. The number of halogens is 3. The average molecular weight is 368 g/mol. The number of nitrogens with zero attached hydrogens (tertiary/aromatic N) is 4. The molecule has 0 radical (unpaired) electrons. The minimum atomic E-state index is -4.46. The topological polar surface area (TPSA) is 60.2 Å². The summed E-state index contributed by atoms with van der Waals surface area (Å²) >= 11 is 0. The van der Waals surface area contributed by atoms with Gasteiger partial charge in [-0.15, -0.1) is 0 Å². The molecular formula is C17H19F3N4O2. The molecule has 0 spiro atoms. The maximum Gasteiger partial charge on any atom is 0.411 e. The molecule has 0 aromatic carbocycles. The van der Waals surface area contributed by atoms with Gasteiger partial charge in [0.05, 0.1) is 31.1 Å². The molecule has 3 heterocycles. The Labute approximate surface area is 148 Å². The lowest BCUT2D eigenvalue weighted by atomic mass is 9.82. The predicted octanol–water partition coefficient (Wildman–Crippen LogP) is 2.98. The number of rotatable bonds is 3. The highest BCUT2D eigenvalue weighted by Crippen LogP contribution is 2.45. The zero-order chi connectivity index (χ0) is 18.9. The molecule has 140 valence electrons. The van der Waals surface area contributed by atoms with Gasteiger partial charge in [0.15, 0.2) is 5.82 Å². The number of piperidine rings is 1. The highest BCUT2D eigenvalue weighted by atomic mass is 19.4. The van der Waals surface area contributed by atoms with Crippen molar-refractivity contribution in [3.63, 3.8) is 0 Å². The van der Waals surface area contributed by atoms with Crippen LogP contribution >= 0.6 is 0 Å². The van der Waals surface area contributed by atoms with E-state index >= 15 is 0 Å². The van der Waals surface area contributed by atoms with Crippen LogP contribution in [-0.2, 0) is 9.53 Å². The molecule has 1 fully saturated rings. The molecule has 1 aliphatic heterocycles. The fraction of sp³-hybridized carbons (Fsp3) is 0.471. The largest absolute Gasteiger partial charge is 0.469 e. The third-order valence-corrected chi connectivity index (χ3v) is 4.89. The summed E-state index contributed by atoms with van der Waals surface area (Å²) < 4.78 is 47.5. The van der Waals surface area contributed by atoms with E-state index in [1.54, 1.807) is 24.4 Å². The molecule has 1 aliphatic rings. The average Bonchev–Trinajstić information content (AvgIpc) is 3.11. The van der Waals surface area contributed by atoms with E-state index in [-0.39, 0.29) is 25.1 Å². The molecule has 0 N–H and O–H groups in total. The SMILES string of the molecule is COC(=O)[C@@H]1CC[C@@](C)(C(F)(F)F)N(c2cnn(-c3ccccn3)c2)C1. The van der Waals surface area contributed by atoms with Gasteiger partial charge in [-0.05, 0) is 31.9 Å². The summed E-state index contributed by atoms with van der Waals surface area (Å²) in [6.07, 6.45) is -0.116. The summed E-state index contributed by atoms with van der Waals surface area (Å²) in [4.78, 5) is 17.2. The van der Waals surface area contributed by atoms with Gasteiger partial charge in [0, 0.05) is 12.7 Å². The van der Waals surface area contributed by atoms with E-state index in [0.29, 0.717) is 5.82 Å². The molecule has 6 nitrogen and oxygen atoms in total. The van der Waals surface area contributed by atoms with Crippen LogP contribution in [-0.4, -0.2) is 46.1 Å². The van der Waals surface area contributed by atoms with E-state index in [1.807, 2.05) is 0 Å². The van der Waals surface area contributed by atoms with Crippen molar-refractivity contribution >= 4 is 11.7 Å². The van der Waals surface area contributed by atoms with Crippen LogP contribution in [0.3, 0.4) is 0 Å². The van der Waals surface area contributed by atoms with Gasteiger partial charge in [-0.3, -0.25) is 4.79 Å². The molecular weight excluding hydrogens is 349 g/mol. The van der Waals surface area contributed by atoms with Gasteiger partial charge in [0.1, 0.15) is 5.54 Å². The second kappa shape index (κ2) is 6.62. The number of aromatic nitrogens is 3. The summed E-state index contributed by atoms with van der Waals surface area (Å²) in [7, 11) is 1.24. The number of methoxy groups -OCH3 is 1. The van der Waals surface area contributed by atoms with Gasteiger partial charge in [-0.25, -0.2) is 9.67 Å². The molecule has 26 heavy (non-hydrogen) atoms. The zero-order valence-corrected chi connectivity index (χ0v) is 14.4. The quantitative estimate of drug-likeness (QED) is 0.780. The van der Waals surface area contributed by atoms with Crippen LogP contribution in [0.5, 0.6) is 0 Å². The Hall–Kier alpha value is -2.58. The Morgan fingerprint density at radius 1 is 1.38 bits per heavy atom. The second-order valence-electron chi connectivity index (χ2n) is 6.47. The number of carbonyl (C=O) groups excluding carboxylic acids is 1. The van der Waals surface area contributed by atoms with E-state index in [2.05, 4.69) is 10.1 Å². The molecule has 2 aromatic heterocycles. The van der Waals surface area contributed by atoms with E-state index in [9.17, 15) is 18.0 Å². The highest BCUT2D eigenvalue weighted by molar-refractivity contribution is 5.73. The molecule has 3 rings (SSSR count). The summed E-state index contributed by atoms with van der Waals surface area (Å²) in [5.41, 5.74) is -1.81. The standard InChI is InChI=1S/C17H19F3N4O2/c1-16(17(18,19)20)7-6-12(15(25)26-2)10-23(16)13-9-22-24(11-13)14-5-3-4-8-21-14/h3-5,8-9,11-12H,6-7,10H2,1-2H3/t12-,16+/m1/s1. The van der Waals surface area contributed by atoms with E-state index < -0.39 is 23.6 Å². The van der Waals surface area contributed by atoms with Crippen LogP contribution in [0.2, 0.25) is 0 Å². The summed E-state index contributed by atoms with van der Waals surface area (Å²) in [5.74, 6) is -0.626. The van der Waals surface area contributed by atoms with Gasteiger partial charge in [0.2, 0.25) is 0 Å². The van der Waals surface area contributed by atoms with Crippen molar-refractivity contribution in [3.8, 4) is 5.82 Å². The molecule has 0 saturated carbocycles. The molecule has 2 aromatic rings. The number of hydrogen-bond acceptors (Lipinski definition) is 5. The first kappa shape index (κ1) is 18.2. The normalized spacial score (nSPS) is 23.7. The van der Waals surface area contributed by atoms with Gasteiger partial charge >= 0.3 is 12.1 Å². The third-order valence-electron chi connectivity index (χ3n) is 4.89. The Balaban J connectivity index is 1.97. The maximum atomic E-state index is 13.8. The lowest BCUT2D eigenvalue weighted by molar-refractivity contribution is -0.190. The van der Waals surface area contributed by atoms with E-state index in [4.69, 9.17) is 4.74 Å². The van der Waals surface area contributed by atoms with Gasteiger partial charge in [-0.2, -0.15) is 18.3 Å². The zero-order valence-electron chi connectivity index (χ0n) is 14.4. The third kappa shape index (κ3) is 3.13. The highest BCUT2D eigenvalue weighted by Gasteiger charge is 2.57. The van der Waals surface area contributed by atoms with Crippen molar-refractivity contribution in [3.05, 3.63) is 36.8 Å². The number of anilines is 1. The predicted molar refractivity (Wildman–Crippen MR) is 87.9 cm³/mol. The van der Waals surface area contributed by atoms with Crippen molar-refractivity contribution < 1.29 is 22.7 Å². The molecule has 0 bridgehead atoms. The first-order valence-corrected chi connectivity index (χ1v) is 8.14. The number of hydrogen-bond donors (Lipinski definition) is 0. The Kier molecular flexibility index (Phi) is 4.64. The molecule has 0 unspecified atom stereocenters. The smallest absolute Gasteiger partial charge is 0.411 e. The Bertz CT molecular complexity index is 778. The summed E-state index contributed by atoms with van der Waals surface area (Å²) in [6, 6.07) is 5.20. The van der Waals surface area contributed by atoms with Crippen LogP contribution in [0.4, 0.5) is 18.9 Å². The number of alkyl halides is 3. The first-order valence-electron chi connectivity index (χ1n) is 8.14. The number of ether oxygens (including phenoxy) is 1. The Morgan fingerprint density at radius 2 is 2.15 bits per heavy atom. The number of carbonyl (C=O) groups is 1. The number of esters is 1. The van der Waals surface area contributed by atoms with Crippen LogP contribution in [0.15, 0.2) is 36.8 Å². The van der Waals surface area contributed by atoms with Crippen molar-refractivity contribution in [2.45, 2.75) is 31.5 Å². The maximum absolute atomic E-state index is 13.8. The fourth-order valence-corrected chi connectivity index (χ4v) is 3.21. The molecule has 0 amide bonds. The van der Waals surface area contributed by atoms with Gasteiger partial charge in [0.25, 0.3) is 0 Å². The van der Waals surface area contributed by atoms with Crippen molar-refractivity contribution in [1.82, 2.24) is 14.8 Å². The first-order chi connectivity index (χ1) is 12.3. The minimum Gasteiger partial charge on any atom is -0.469 e. The molecule has 0 aliphatic carbocycles. The van der Waals surface area contributed by atoms with Crippen LogP contribution in [0, 0.1) is 5.92 Å². The van der Waals surface area contributed by atoms with Crippen LogP contribution < -0.4 is 4.90 Å². The van der Waals surface area contributed by atoms with E-state index in [1.165, 1.54) is 29.1 Å². The van der Waals surface area contributed by atoms with Crippen molar-refractivity contribution in [2.75, 3.05) is 18.6 Å². The Morgan fingerprint density at radius 3 is 2.77 bits per heavy atom. The molecule has 9 heteroatoms. The second-order valence-corrected chi connectivity index (χ2v) is 6.47.